The van der Waals surface area contributed by atoms with E-state index < -0.39 is 0 Å². The van der Waals surface area contributed by atoms with Gasteiger partial charge in [0.15, 0.2) is 0 Å². The van der Waals surface area contributed by atoms with Crippen LogP contribution in [0.25, 0.3) is 0 Å². The standard InChI is InChI=1S/C15H14Cl2N2/c16-12-10-13(17)19-14(18-12)15(8-4-5-9-15)11-6-2-1-3-7-11/h1-3,6-7,10H,4-5,8-9H2. The number of aromatic nitrogens is 2. The third-order valence-electron chi connectivity index (χ3n) is 3.88. The highest BCUT2D eigenvalue weighted by molar-refractivity contribution is 6.33. The van der Waals surface area contributed by atoms with Crippen LogP contribution in [0, 0.1) is 0 Å². The molecular formula is C15H14Cl2N2. The largest absolute Gasteiger partial charge is 0.220 e. The maximum absolute atomic E-state index is 6.04. The van der Waals surface area contributed by atoms with Crippen LogP contribution in [0.2, 0.25) is 10.3 Å². The van der Waals surface area contributed by atoms with Gasteiger partial charge in [-0.1, -0.05) is 66.4 Å². The van der Waals surface area contributed by atoms with Gasteiger partial charge < -0.3 is 0 Å². The van der Waals surface area contributed by atoms with Crippen LogP contribution >= 0.6 is 23.2 Å². The molecule has 2 nitrogen and oxygen atoms in total. The summed E-state index contributed by atoms with van der Waals surface area (Å²) < 4.78 is 0. The average Bonchev–Trinajstić information content (AvgIpc) is 2.89. The minimum atomic E-state index is -0.129. The lowest BCUT2D eigenvalue weighted by Gasteiger charge is -2.28. The maximum atomic E-state index is 6.04. The maximum Gasteiger partial charge on any atom is 0.142 e. The van der Waals surface area contributed by atoms with Crippen molar-refractivity contribution in [1.29, 1.82) is 0 Å². The minimum Gasteiger partial charge on any atom is -0.220 e. The molecule has 0 atom stereocenters. The predicted octanol–water partition coefficient (Wildman–Crippen LogP) is 4.64. The lowest BCUT2D eigenvalue weighted by molar-refractivity contribution is 0.499. The third kappa shape index (κ3) is 2.35. The van der Waals surface area contributed by atoms with Gasteiger partial charge >= 0.3 is 0 Å². The fourth-order valence-electron chi connectivity index (χ4n) is 2.98. The monoisotopic (exact) mass is 292 g/mol. The summed E-state index contributed by atoms with van der Waals surface area (Å²) in [7, 11) is 0. The zero-order valence-corrected chi connectivity index (χ0v) is 12.0. The van der Waals surface area contributed by atoms with Crippen molar-refractivity contribution in [3.05, 3.63) is 58.1 Å². The van der Waals surface area contributed by atoms with Crippen molar-refractivity contribution < 1.29 is 0 Å². The van der Waals surface area contributed by atoms with E-state index in [-0.39, 0.29) is 5.41 Å². The molecule has 3 rings (SSSR count). The van der Waals surface area contributed by atoms with Gasteiger partial charge in [0, 0.05) is 6.07 Å². The molecule has 0 aliphatic heterocycles. The molecule has 0 spiro atoms. The number of benzene rings is 1. The van der Waals surface area contributed by atoms with E-state index in [2.05, 4.69) is 34.2 Å². The second kappa shape index (κ2) is 5.10. The highest BCUT2D eigenvalue weighted by Gasteiger charge is 2.40. The molecule has 1 aromatic carbocycles. The van der Waals surface area contributed by atoms with Crippen LogP contribution in [0.5, 0.6) is 0 Å². The van der Waals surface area contributed by atoms with Crippen molar-refractivity contribution in [2.24, 2.45) is 0 Å². The van der Waals surface area contributed by atoms with Crippen LogP contribution < -0.4 is 0 Å². The zero-order chi connectivity index (χ0) is 13.3. The van der Waals surface area contributed by atoms with Gasteiger partial charge in [-0.05, 0) is 18.4 Å². The zero-order valence-electron chi connectivity index (χ0n) is 10.4. The molecule has 1 fully saturated rings. The number of halogens is 2. The first-order valence-corrected chi connectivity index (χ1v) is 7.22. The van der Waals surface area contributed by atoms with Crippen LogP contribution in [0.3, 0.4) is 0 Å². The molecular weight excluding hydrogens is 279 g/mol. The molecule has 0 bridgehead atoms. The highest BCUT2D eigenvalue weighted by atomic mass is 35.5. The Morgan fingerprint density at radius 3 is 2.05 bits per heavy atom. The van der Waals surface area contributed by atoms with E-state index in [9.17, 15) is 0 Å². The molecule has 2 aromatic rings. The summed E-state index contributed by atoms with van der Waals surface area (Å²) in [6.07, 6.45) is 4.46. The average molecular weight is 293 g/mol. The van der Waals surface area contributed by atoms with Gasteiger partial charge in [-0.15, -0.1) is 0 Å². The van der Waals surface area contributed by atoms with E-state index in [1.807, 2.05) is 6.07 Å². The van der Waals surface area contributed by atoms with Crippen LogP contribution in [-0.4, -0.2) is 9.97 Å². The quantitative estimate of drug-likeness (QED) is 0.754. The Morgan fingerprint density at radius 2 is 1.47 bits per heavy atom. The van der Waals surface area contributed by atoms with Gasteiger partial charge in [0.2, 0.25) is 0 Å². The van der Waals surface area contributed by atoms with Crippen LogP contribution in [0.1, 0.15) is 37.1 Å². The van der Waals surface area contributed by atoms with E-state index in [0.29, 0.717) is 10.3 Å². The summed E-state index contributed by atoms with van der Waals surface area (Å²) in [4.78, 5) is 8.87. The van der Waals surface area contributed by atoms with Crippen LogP contribution in [-0.2, 0) is 5.41 Å². The second-order valence-corrected chi connectivity index (χ2v) is 5.77. The summed E-state index contributed by atoms with van der Waals surface area (Å²) in [6, 6.07) is 12.0. The Hall–Kier alpha value is -1.12. The van der Waals surface area contributed by atoms with Crippen molar-refractivity contribution in [3.63, 3.8) is 0 Å². The summed E-state index contributed by atoms with van der Waals surface area (Å²) in [5, 5.41) is 0.828. The van der Waals surface area contributed by atoms with Gasteiger partial charge in [-0.2, -0.15) is 0 Å². The van der Waals surface area contributed by atoms with E-state index in [1.165, 1.54) is 18.4 Å². The lowest BCUT2D eigenvalue weighted by atomic mass is 9.78. The highest BCUT2D eigenvalue weighted by Crippen LogP contribution is 2.45. The number of hydrogen-bond acceptors (Lipinski definition) is 2. The Balaban J connectivity index is 2.16. The van der Waals surface area contributed by atoms with Crippen molar-refractivity contribution in [1.82, 2.24) is 9.97 Å². The first kappa shape index (κ1) is 12.9. The van der Waals surface area contributed by atoms with E-state index >= 15 is 0 Å². The fraction of sp³-hybridized carbons (Fsp3) is 0.333. The minimum absolute atomic E-state index is 0.129. The first-order valence-electron chi connectivity index (χ1n) is 6.47. The van der Waals surface area contributed by atoms with Gasteiger partial charge in [-0.25, -0.2) is 9.97 Å². The predicted molar refractivity (Wildman–Crippen MR) is 77.7 cm³/mol. The Morgan fingerprint density at radius 1 is 0.895 bits per heavy atom. The molecule has 0 saturated heterocycles. The fourth-order valence-corrected chi connectivity index (χ4v) is 3.40. The van der Waals surface area contributed by atoms with Gasteiger partial charge in [0.25, 0.3) is 0 Å². The van der Waals surface area contributed by atoms with Crippen molar-refractivity contribution >= 4 is 23.2 Å². The van der Waals surface area contributed by atoms with E-state index in [1.54, 1.807) is 6.07 Å². The summed E-state index contributed by atoms with van der Waals surface area (Å²) in [5.41, 5.74) is 1.13. The Labute approximate surface area is 122 Å². The van der Waals surface area contributed by atoms with E-state index in [0.717, 1.165) is 18.7 Å². The topological polar surface area (TPSA) is 25.8 Å². The van der Waals surface area contributed by atoms with Gasteiger partial charge in [0.1, 0.15) is 16.1 Å². The van der Waals surface area contributed by atoms with Crippen LogP contribution in [0.4, 0.5) is 0 Å². The molecule has 4 heteroatoms. The van der Waals surface area contributed by atoms with E-state index in [4.69, 9.17) is 23.2 Å². The second-order valence-electron chi connectivity index (χ2n) is 4.99. The first-order chi connectivity index (χ1) is 9.21. The number of hydrogen-bond donors (Lipinski definition) is 0. The molecule has 19 heavy (non-hydrogen) atoms. The third-order valence-corrected chi connectivity index (χ3v) is 4.26. The molecule has 98 valence electrons. The molecule has 0 N–H and O–H groups in total. The van der Waals surface area contributed by atoms with Gasteiger partial charge in [0.05, 0.1) is 5.41 Å². The lowest BCUT2D eigenvalue weighted by Crippen LogP contribution is -2.26. The molecule has 1 aromatic heterocycles. The Kier molecular flexibility index (Phi) is 3.46. The molecule has 0 amide bonds. The Bertz CT molecular complexity index is 558. The smallest absolute Gasteiger partial charge is 0.142 e. The molecule has 1 aliphatic rings. The number of rotatable bonds is 2. The summed E-state index contributed by atoms with van der Waals surface area (Å²) in [5.74, 6) is 0.758. The van der Waals surface area contributed by atoms with Gasteiger partial charge in [-0.3, -0.25) is 0 Å². The molecule has 1 heterocycles. The van der Waals surface area contributed by atoms with Crippen molar-refractivity contribution in [2.45, 2.75) is 31.1 Å². The molecule has 1 aliphatic carbocycles. The normalized spacial score (nSPS) is 17.6. The number of nitrogens with zero attached hydrogens (tertiary/aromatic N) is 2. The summed E-state index contributed by atoms with van der Waals surface area (Å²) in [6.45, 7) is 0. The van der Waals surface area contributed by atoms with Crippen LogP contribution in [0.15, 0.2) is 36.4 Å². The molecule has 1 saturated carbocycles. The van der Waals surface area contributed by atoms with Crippen molar-refractivity contribution in [2.75, 3.05) is 0 Å². The SMILES string of the molecule is Clc1cc(Cl)nc(C2(c3ccccc3)CCCC2)n1. The molecule has 0 unspecified atom stereocenters. The summed E-state index contributed by atoms with van der Waals surface area (Å²) >= 11 is 12.1. The molecule has 0 radical (unpaired) electrons. The van der Waals surface area contributed by atoms with Crippen molar-refractivity contribution in [3.8, 4) is 0 Å².